The fourth-order valence-electron chi connectivity index (χ4n) is 3.67. The third-order valence-corrected chi connectivity index (χ3v) is 5.73. The molecule has 0 bridgehead atoms. The standard InChI is InChI=1S/C22H24Cl2N2/c1-6-26-21-11-19(24)16(10-17(21)14(2)12-22(26,4)5)13-25-20-9-7-8-18(23)15(20)3/h7-13H,6H2,1-5H3. The highest BCUT2D eigenvalue weighted by atomic mass is 35.5. The van der Waals surface area contributed by atoms with Crippen LogP contribution in [0.5, 0.6) is 0 Å². The zero-order valence-corrected chi connectivity index (χ0v) is 17.4. The number of benzene rings is 2. The van der Waals surface area contributed by atoms with Crippen LogP contribution >= 0.6 is 23.2 Å². The third-order valence-electron chi connectivity index (χ3n) is 4.99. The van der Waals surface area contributed by atoms with E-state index in [4.69, 9.17) is 23.2 Å². The van der Waals surface area contributed by atoms with Gasteiger partial charge in [0.15, 0.2) is 0 Å². The van der Waals surface area contributed by atoms with Crippen molar-refractivity contribution in [2.24, 2.45) is 4.99 Å². The summed E-state index contributed by atoms with van der Waals surface area (Å²) in [5, 5.41) is 1.42. The first-order chi connectivity index (χ1) is 12.2. The molecule has 0 radical (unpaired) electrons. The predicted molar refractivity (Wildman–Crippen MR) is 116 cm³/mol. The molecule has 3 rings (SSSR count). The first kappa shape index (κ1) is 19.0. The molecule has 1 aliphatic heterocycles. The lowest BCUT2D eigenvalue weighted by Crippen LogP contribution is -2.44. The summed E-state index contributed by atoms with van der Waals surface area (Å²) in [7, 11) is 0. The molecule has 0 aromatic heterocycles. The molecule has 1 aliphatic rings. The number of rotatable bonds is 3. The fourth-order valence-corrected chi connectivity index (χ4v) is 4.04. The minimum absolute atomic E-state index is 0.0251. The van der Waals surface area contributed by atoms with Gasteiger partial charge in [-0.05, 0) is 70.0 Å². The summed E-state index contributed by atoms with van der Waals surface area (Å²) < 4.78 is 0. The minimum Gasteiger partial charge on any atom is -0.363 e. The molecule has 0 aliphatic carbocycles. The molecule has 0 fully saturated rings. The van der Waals surface area contributed by atoms with E-state index < -0.39 is 0 Å². The van der Waals surface area contributed by atoms with Crippen LogP contribution in [0.4, 0.5) is 11.4 Å². The van der Waals surface area contributed by atoms with Crippen LogP contribution in [-0.4, -0.2) is 18.3 Å². The van der Waals surface area contributed by atoms with Crippen molar-refractivity contribution in [2.75, 3.05) is 11.4 Å². The van der Waals surface area contributed by atoms with Crippen molar-refractivity contribution in [1.29, 1.82) is 0 Å². The minimum atomic E-state index is -0.0251. The van der Waals surface area contributed by atoms with Gasteiger partial charge in [-0.15, -0.1) is 0 Å². The number of halogens is 2. The number of allylic oxidation sites excluding steroid dienone is 1. The van der Waals surface area contributed by atoms with Crippen LogP contribution in [0.2, 0.25) is 10.0 Å². The van der Waals surface area contributed by atoms with E-state index >= 15 is 0 Å². The van der Waals surface area contributed by atoms with E-state index in [-0.39, 0.29) is 5.54 Å². The number of hydrogen-bond donors (Lipinski definition) is 0. The summed E-state index contributed by atoms with van der Waals surface area (Å²) in [6.07, 6.45) is 4.14. The first-order valence-electron chi connectivity index (χ1n) is 8.85. The second-order valence-corrected chi connectivity index (χ2v) is 8.07. The highest BCUT2D eigenvalue weighted by Gasteiger charge is 2.30. The molecule has 136 valence electrons. The molecule has 0 spiro atoms. The van der Waals surface area contributed by atoms with Gasteiger partial charge in [-0.25, -0.2) is 0 Å². The van der Waals surface area contributed by atoms with Gasteiger partial charge in [0, 0.05) is 34.6 Å². The Bertz CT molecular complexity index is 911. The van der Waals surface area contributed by atoms with Gasteiger partial charge in [-0.3, -0.25) is 4.99 Å². The van der Waals surface area contributed by atoms with Crippen LogP contribution < -0.4 is 4.90 Å². The zero-order chi connectivity index (χ0) is 19.1. The smallest absolute Gasteiger partial charge is 0.0673 e. The molecular weight excluding hydrogens is 363 g/mol. The second kappa shape index (κ2) is 7.09. The molecule has 2 aromatic carbocycles. The summed E-state index contributed by atoms with van der Waals surface area (Å²) in [5.74, 6) is 0. The van der Waals surface area contributed by atoms with Gasteiger partial charge in [0.2, 0.25) is 0 Å². The maximum atomic E-state index is 6.60. The van der Waals surface area contributed by atoms with Crippen LogP contribution in [0.15, 0.2) is 41.4 Å². The Balaban J connectivity index is 2.06. The van der Waals surface area contributed by atoms with E-state index in [1.165, 1.54) is 16.8 Å². The van der Waals surface area contributed by atoms with Gasteiger partial charge in [0.25, 0.3) is 0 Å². The Hall–Kier alpha value is -1.77. The summed E-state index contributed by atoms with van der Waals surface area (Å²) in [6, 6.07) is 9.92. The third kappa shape index (κ3) is 3.41. The van der Waals surface area contributed by atoms with E-state index in [0.717, 1.165) is 28.4 Å². The van der Waals surface area contributed by atoms with Gasteiger partial charge in [0.1, 0.15) is 0 Å². The number of hydrogen-bond acceptors (Lipinski definition) is 2. The van der Waals surface area contributed by atoms with Gasteiger partial charge < -0.3 is 4.90 Å². The fraction of sp³-hybridized carbons (Fsp3) is 0.318. The van der Waals surface area contributed by atoms with E-state index in [9.17, 15) is 0 Å². The molecule has 26 heavy (non-hydrogen) atoms. The molecule has 0 atom stereocenters. The maximum Gasteiger partial charge on any atom is 0.0673 e. The predicted octanol–water partition coefficient (Wildman–Crippen LogP) is 7.07. The van der Waals surface area contributed by atoms with Gasteiger partial charge >= 0.3 is 0 Å². The SMILES string of the molecule is CCN1c2cc(Cl)c(C=Nc3cccc(Cl)c3C)cc2C(C)=CC1(C)C. The number of likely N-dealkylation sites (N-methyl/N-ethyl adjacent to an activating group) is 1. The van der Waals surface area contributed by atoms with Crippen LogP contribution in [0.3, 0.4) is 0 Å². The monoisotopic (exact) mass is 386 g/mol. The molecule has 0 saturated heterocycles. The maximum absolute atomic E-state index is 6.60. The average molecular weight is 387 g/mol. The summed E-state index contributed by atoms with van der Waals surface area (Å²) >= 11 is 12.8. The number of nitrogens with zero attached hydrogens (tertiary/aromatic N) is 2. The Morgan fingerprint density at radius 2 is 1.85 bits per heavy atom. The molecule has 0 unspecified atom stereocenters. The van der Waals surface area contributed by atoms with Crippen molar-refractivity contribution in [3.8, 4) is 0 Å². The highest BCUT2D eigenvalue weighted by Crippen LogP contribution is 2.41. The Morgan fingerprint density at radius 3 is 2.54 bits per heavy atom. The second-order valence-electron chi connectivity index (χ2n) is 7.26. The van der Waals surface area contributed by atoms with Crippen LogP contribution in [0.25, 0.3) is 5.57 Å². The van der Waals surface area contributed by atoms with Crippen molar-refractivity contribution in [1.82, 2.24) is 0 Å². The molecular formula is C22H24Cl2N2. The van der Waals surface area contributed by atoms with E-state index in [1.807, 2.05) is 31.3 Å². The van der Waals surface area contributed by atoms with Crippen LogP contribution in [-0.2, 0) is 0 Å². The van der Waals surface area contributed by atoms with E-state index in [1.54, 1.807) is 0 Å². The van der Waals surface area contributed by atoms with Crippen molar-refractivity contribution < 1.29 is 0 Å². The zero-order valence-electron chi connectivity index (χ0n) is 15.9. The molecule has 2 aromatic rings. The van der Waals surface area contributed by atoms with E-state index in [0.29, 0.717) is 5.02 Å². The lowest BCUT2D eigenvalue weighted by atomic mass is 9.88. The molecule has 0 amide bonds. The lowest BCUT2D eigenvalue weighted by molar-refractivity contribution is 0.566. The Kier molecular flexibility index (Phi) is 5.18. The topological polar surface area (TPSA) is 15.6 Å². The van der Waals surface area contributed by atoms with Crippen molar-refractivity contribution >= 4 is 46.4 Å². The van der Waals surface area contributed by atoms with E-state index in [2.05, 4.69) is 55.8 Å². The summed E-state index contributed by atoms with van der Waals surface area (Å²) in [6.45, 7) is 11.7. The van der Waals surface area contributed by atoms with Gasteiger partial charge in [0.05, 0.1) is 16.2 Å². The largest absolute Gasteiger partial charge is 0.363 e. The molecule has 1 heterocycles. The normalized spacial score (nSPS) is 16.0. The highest BCUT2D eigenvalue weighted by molar-refractivity contribution is 6.33. The summed E-state index contributed by atoms with van der Waals surface area (Å²) in [5.41, 5.74) is 6.36. The number of anilines is 1. The quantitative estimate of drug-likeness (QED) is 0.514. The van der Waals surface area contributed by atoms with Gasteiger partial charge in [-0.2, -0.15) is 0 Å². The lowest BCUT2D eigenvalue weighted by Gasteiger charge is -2.43. The van der Waals surface area contributed by atoms with Gasteiger partial charge in [-0.1, -0.05) is 35.3 Å². The summed E-state index contributed by atoms with van der Waals surface area (Å²) in [4.78, 5) is 6.99. The Labute approximate surface area is 166 Å². The molecule has 0 saturated carbocycles. The van der Waals surface area contributed by atoms with Crippen molar-refractivity contribution in [2.45, 2.75) is 40.2 Å². The molecule has 2 nitrogen and oxygen atoms in total. The first-order valence-corrected chi connectivity index (χ1v) is 9.60. The van der Waals surface area contributed by atoms with Crippen LogP contribution in [0, 0.1) is 6.92 Å². The Morgan fingerprint density at radius 1 is 1.12 bits per heavy atom. The van der Waals surface area contributed by atoms with Crippen LogP contribution in [0.1, 0.15) is 44.4 Å². The number of fused-ring (bicyclic) bond motifs is 1. The van der Waals surface area contributed by atoms with Crippen molar-refractivity contribution in [3.05, 3.63) is 63.1 Å². The molecule has 4 heteroatoms. The number of aliphatic imine (C=N–C) groups is 1. The molecule has 0 N–H and O–H groups in total. The average Bonchev–Trinajstić information content (AvgIpc) is 2.56. The van der Waals surface area contributed by atoms with Crippen molar-refractivity contribution in [3.63, 3.8) is 0 Å².